The second kappa shape index (κ2) is 5.36. The maximum atomic E-state index is 12.5. The van der Waals surface area contributed by atoms with Gasteiger partial charge in [0.25, 0.3) is 15.9 Å². The van der Waals surface area contributed by atoms with Crippen LogP contribution in [-0.2, 0) is 16.4 Å². The number of nitrogens with zero attached hydrogens (tertiary/aromatic N) is 2. The quantitative estimate of drug-likeness (QED) is 0.769. The van der Waals surface area contributed by atoms with E-state index in [0.717, 1.165) is 17.8 Å². The average molecular weight is 341 g/mol. The maximum Gasteiger partial charge on any atom is 0.267 e. The van der Waals surface area contributed by atoms with Gasteiger partial charge in [-0.3, -0.25) is 14.6 Å². The van der Waals surface area contributed by atoms with Crippen molar-refractivity contribution in [3.63, 3.8) is 0 Å². The molecule has 0 fully saturated rings. The number of aryl methyl sites for hydroxylation is 3. The Balaban J connectivity index is 1.94. The van der Waals surface area contributed by atoms with E-state index in [2.05, 4.69) is 25.2 Å². The van der Waals surface area contributed by atoms with Crippen molar-refractivity contribution >= 4 is 32.4 Å². The van der Waals surface area contributed by atoms with Gasteiger partial charge in [-0.1, -0.05) is 11.3 Å². The van der Waals surface area contributed by atoms with Gasteiger partial charge in [-0.15, -0.1) is 0 Å². The molecule has 0 unspecified atom stereocenters. The van der Waals surface area contributed by atoms with Crippen LogP contribution >= 0.6 is 11.3 Å². The molecule has 0 spiro atoms. The van der Waals surface area contributed by atoms with Gasteiger partial charge in [0.1, 0.15) is 9.77 Å². The zero-order valence-electron chi connectivity index (χ0n) is 12.1. The number of rotatable bonds is 3. The third kappa shape index (κ3) is 2.59. The first-order valence-electron chi connectivity index (χ1n) is 6.71. The summed E-state index contributed by atoms with van der Waals surface area (Å²) in [5.41, 5.74) is 1.49. The van der Waals surface area contributed by atoms with Gasteiger partial charge in [-0.05, 0) is 26.7 Å². The highest BCUT2D eigenvalue weighted by molar-refractivity contribution is 7.93. The Kier molecular flexibility index (Phi) is 3.65. The molecule has 0 aliphatic carbocycles. The zero-order valence-corrected chi connectivity index (χ0v) is 13.7. The summed E-state index contributed by atoms with van der Waals surface area (Å²) in [5.74, 6) is -0.203. The normalized spacial score (nSPS) is 15.1. The van der Waals surface area contributed by atoms with Crippen molar-refractivity contribution in [1.82, 2.24) is 20.5 Å². The molecule has 0 atom stereocenters. The van der Waals surface area contributed by atoms with Gasteiger partial charge >= 0.3 is 0 Å². The lowest BCUT2D eigenvalue weighted by Crippen LogP contribution is -2.21. The Hall–Kier alpha value is -1.94. The first-order valence-corrected chi connectivity index (χ1v) is 9.01. The number of H-pyrrole nitrogens is 1. The van der Waals surface area contributed by atoms with Crippen molar-refractivity contribution in [1.29, 1.82) is 0 Å². The van der Waals surface area contributed by atoms with Crippen LogP contribution in [0.3, 0.4) is 0 Å². The fourth-order valence-electron chi connectivity index (χ4n) is 2.38. The van der Waals surface area contributed by atoms with E-state index in [-0.39, 0.29) is 15.9 Å². The number of hydrogen-bond acceptors (Lipinski definition) is 6. The fraction of sp³-hybridized carbons (Fsp3) is 0.417. The molecular weight excluding hydrogens is 326 g/mol. The first-order chi connectivity index (χ1) is 10.4. The van der Waals surface area contributed by atoms with Gasteiger partial charge in [-0.25, -0.2) is 13.4 Å². The summed E-state index contributed by atoms with van der Waals surface area (Å²) < 4.78 is 27.4. The standard InChI is InChI=1S/C12H15N5O3S2/c1-6-10(7(2)16-15-6)22(19,20)17-12-14-8-4-3-5-13-11(18)9(8)21-12/h3-5H2,1-2H3,(H,13,18)(H,14,17)(H,15,16). The molecule has 1 aliphatic heterocycles. The summed E-state index contributed by atoms with van der Waals surface area (Å²) in [7, 11) is -3.78. The highest BCUT2D eigenvalue weighted by Gasteiger charge is 2.26. The van der Waals surface area contributed by atoms with Crippen LogP contribution in [0.15, 0.2) is 4.90 Å². The molecular formula is C12H15N5O3S2. The average Bonchev–Trinajstić information content (AvgIpc) is 2.93. The van der Waals surface area contributed by atoms with E-state index in [4.69, 9.17) is 0 Å². The van der Waals surface area contributed by atoms with Gasteiger partial charge in [0.2, 0.25) is 0 Å². The lowest BCUT2D eigenvalue weighted by molar-refractivity contribution is 0.0960. The number of aromatic amines is 1. The highest BCUT2D eigenvalue weighted by atomic mass is 32.2. The van der Waals surface area contributed by atoms with Crippen LogP contribution in [0, 0.1) is 13.8 Å². The second-order valence-corrected chi connectivity index (χ2v) is 7.64. The number of hydrogen-bond donors (Lipinski definition) is 3. The van der Waals surface area contributed by atoms with Crippen molar-refractivity contribution in [3.8, 4) is 0 Å². The van der Waals surface area contributed by atoms with Crippen LogP contribution in [0.1, 0.15) is 33.2 Å². The molecule has 0 saturated carbocycles. The van der Waals surface area contributed by atoms with Gasteiger partial charge < -0.3 is 5.32 Å². The van der Waals surface area contributed by atoms with E-state index >= 15 is 0 Å². The molecule has 22 heavy (non-hydrogen) atoms. The number of carbonyl (C=O) groups excluding carboxylic acids is 1. The Morgan fingerprint density at radius 1 is 1.32 bits per heavy atom. The summed E-state index contributed by atoms with van der Waals surface area (Å²) in [4.78, 5) is 16.7. The summed E-state index contributed by atoms with van der Waals surface area (Å²) in [6.45, 7) is 3.86. The van der Waals surface area contributed by atoms with Crippen molar-refractivity contribution in [2.45, 2.75) is 31.6 Å². The van der Waals surface area contributed by atoms with E-state index in [0.29, 0.717) is 34.9 Å². The Bertz CT molecular complexity index is 818. The maximum absolute atomic E-state index is 12.5. The van der Waals surface area contributed by atoms with Gasteiger partial charge in [0, 0.05) is 6.54 Å². The second-order valence-electron chi connectivity index (χ2n) is 5.02. The van der Waals surface area contributed by atoms with Gasteiger partial charge in [0.05, 0.1) is 17.1 Å². The predicted octanol–water partition coefficient (Wildman–Crippen LogP) is 0.960. The minimum absolute atomic E-state index is 0.113. The lowest BCUT2D eigenvalue weighted by atomic mass is 10.2. The molecule has 0 aromatic carbocycles. The molecule has 3 rings (SSSR count). The molecule has 0 radical (unpaired) electrons. The number of anilines is 1. The number of thiazole rings is 1. The smallest absolute Gasteiger partial charge is 0.267 e. The predicted molar refractivity (Wildman–Crippen MR) is 81.6 cm³/mol. The summed E-state index contributed by atoms with van der Waals surface area (Å²) in [5, 5.41) is 9.49. The Labute approximate surface area is 131 Å². The van der Waals surface area contributed by atoms with Crippen LogP contribution in [0.4, 0.5) is 5.13 Å². The third-order valence-electron chi connectivity index (χ3n) is 3.33. The number of amides is 1. The minimum Gasteiger partial charge on any atom is -0.351 e. The Morgan fingerprint density at radius 2 is 2.09 bits per heavy atom. The molecule has 1 amide bonds. The minimum atomic E-state index is -3.78. The van der Waals surface area contributed by atoms with Crippen molar-refractivity contribution in [3.05, 3.63) is 22.0 Å². The van der Waals surface area contributed by atoms with Gasteiger partial charge in [0.15, 0.2) is 5.13 Å². The summed E-state index contributed by atoms with van der Waals surface area (Å²) in [6, 6.07) is 0. The number of carbonyl (C=O) groups is 1. The number of nitrogens with one attached hydrogen (secondary N) is 3. The molecule has 0 bridgehead atoms. The van der Waals surface area contributed by atoms with Crippen molar-refractivity contribution in [2.75, 3.05) is 11.3 Å². The largest absolute Gasteiger partial charge is 0.351 e. The van der Waals surface area contributed by atoms with E-state index < -0.39 is 10.0 Å². The number of aromatic nitrogens is 3. The molecule has 3 heterocycles. The van der Waals surface area contributed by atoms with Crippen molar-refractivity contribution < 1.29 is 13.2 Å². The van der Waals surface area contributed by atoms with Crippen LogP contribution < -0.4 is 10.0 Å². The molecule has 0 saturated heterocycles. The molecule has 1 aliphatic rings. The molecule has 3 N–H and O–H groups in total. The summed E-state index contributed by atoms with van der Waals surface area (Å²) >= 11 is 1.05. The highest BCUT2D eigenvalue weighted by Crippen LogP contribution is 2.28. The SMILES string of the molecule is Cc1n[nH]c(C)c1S(=O)(=O)Nc1nc2c(s1)C(=O)NCCC2. The van der Waals surface area contributed by atoms with Crippen LogP contribution in [0.5, 0.6) is 0 Å². The zero-order chi connectivity index (χ0) is 15.9. The monoisotopic (exact) mass is 341 g/mol. The fourth-order valence-corrected chi connectivity index (χ4v) is 4.92. The van der Waals surface area contributed by atoms with E-state index in [1.54, 1.807) is 13.8 Å². The van der Waals surface area contributed by atoms with Crippen LogP contribution in [0.2, 0.25) is 0 Å². The molecule has 118 valence electrons. The Morgan fingerprint density at radius 3 is 2.77 bits per heavy atom. The molecule has 2 aromatic heterocycles. The third-order valence-corrected chi connectivity index (χ3v) is 6.07. The summed E-state index contributed by atoms with van der Waals surface area (Å²) in [6.07, 6.45) is 1.44. The number of sulfonamides is 1. The molecule has 10 heteroatoms. The topological polar surface area (TPSA) is 117 Å². The van der Waals surface area contributed by atoms with Crippen LogP contribution in [-0.4, -0.2) is 36.1 Å². The lowest BCUT2D eigenvalue weighted by Gasteiger charge is -2.05. The van der Waals surface area contributed by atoms with E-state index in [9.17, 15) is 13.2 Å². The van der Waals surface area contributed by atoms with E-state index in [1.165, 1.54) is 0 Å². The molecule has 8 nitrogen and oxygen atoms in total. The molecule has 2 aromatic rings. The first kappa shape index (κ1) is 15.0. The van der Waals surface area contributed by atoms with Gasteiger partial charge in [-0.2, -0.15) is 5.10 Å². The van der Waals surface area contributed by atoms with E-state index in [1.807, 2.05) is 0 Å². The number of fused-ring (bicyclic) bond motifs is 1. The van der Waals surface area contributed by atoms with Crippen LogP contribution in [0.25, 0.3) is 0 Å². The van der Waals surface area contributed by atoms with Crippen molar-refractivity contribution in [2.24, 2.45) is 0 Å².